The molecule has 0 bridgehead atoms. The second kappa shape index (κ2) is 3.95. The fourth-order valence-electron chi connectivity index (χ4n) is 1.90. The van der Waals surface area contributed by atoms with E-state index in [4.69, 9.17) is 11.0 Å². The Morgan fingerprint density at radius 3 is 2.71 bits per heavy atom. The van der Waals surface area contributed by atoms with Gasteiger partial charge in [-0.25, -0.2) is 0 Å². The van der Waals surface area contributed by atoms with Crippen LogP contribution in [0, 0.1) is 11.3 Å². The van der Waals surface area contributed by atoms with Crippen LogP contribution in [0.5, 0.6) is 0 Å². The molecule has 2 aromatic rings. The summed E-state index contributed by atoms with van der Waals surface area (Å²) in [6.45, 7) is 0. The highest BCUT2D eigenvalue weighted by Crippen LogP contribution is 2.39. The summed E-state index contributed by atoms with van der Waals surface area (Å²) in [4.78, 5) is 6.19. The number of thiophene rings is 1. The van der Waals surface area contributed by atoms with E-state index < -0.39 is 0 Å². The van der Waals surface area contributed by atoms with Crippen molar-refractivity contribution in [2.75, 3.05) is 0 Å². The van der Waals surface area contributed by atoms with Crippen molar-refractivity contribution in [1.82, 2.24) is 4.98 Å². The van der Waals surface area contributed by atoms with Gasteiger partial charge in [-0.1, -0.05) is 6.07 Å². The second-order valence-electron chi connectivity index (χ2n) is 4.26. The molecule has 0 amide bonds. The molecule has 1 aliphatic carbocycles. The van der Waals surface area contributed by atoms with Crippen molar-refractivity contribution in [2.45, 2.75) is 18.4 Å². The fourth-order valence-corrected chi connectivity index (χ4v) is 2.68. The van der Waals surface area contributed by atoms with Gasteiger partial charge in [-0.3, -0.25) is 4.98 Å². The molecule has 0 radical (unpaired) electrons. The van der Waals surface area contributed by atoms with Gasteiger partial charge in [0.05, 0.1) is 10.6 Å². The first kappa shape index (κ1) is 10.5. The lowest BCUT2D eigenvalue weighted by atomic mass is 10.1. The maximum atomic E-state index is 8.78. The van der Waals surface area contributed by atoms with Crippen LogP contribution in [-0.4, -0.2) is 11.0 Å². The molecule has 1 aliphatic rings. The summed E-state index contributed by atoms with van der Waals surface area (Å²) in [6, 6.07) is 10.3. The van der Waals surface area contributed by atoms with Gasteiger partial charge in [0, 0.05) is 18.2 Å². The molecule has 84 valence electrons. The van der Waals surface area contributed by atoms with Gasteiger partial charge in [0.1, 0.15) is 10.9 Å². The maximum absolute atomic E-state index is 8.78. The largest absolute Gasteiger partial charge is 0.327 e. The van der Waals surface area contributed by atoms with Crippen LogP contribution in [0.15, 0.2) is 30.5 Å². The average molecular weight is 241 g/mol. The molecule has 0 unspecified atom stereocenters. The van der Waals surface area contributed by atoms with Crippen LogP contribution in [0.1, 0.15) is 22.8 Å². The lowest BCUT2D eigenvalue weighted by Crippen LogP contribution is -2.01. The van der Waals surface area contributed by atoms with E-state index in [0.29, 0.717) is 12.0 Å². The summed E-state index contributed by atoms with van der Waals surface area (Å²) >= 11 is 1.47. The van der Waals surface area contributed by atoms with Crippen LogP contribution in [0.3, 0.4) is 0 Å². The third-order valence-electron chi connectivity index (χ3n) is 3.02. The predicted molar refractivity (Wildman–Crippen MR) is 67.6 cm³/mol. The summed E-state index contributed by atoms with van der Waals surface area (Å²) in [6.07, 6.45) is 2.97. The normalized spacial score (nSPS) is 22.1. The van der Waals surface area contributed by atoms with Crippen LogP contribution in [-0.2, 0) is 0 Å². The van der Waals surface area contributed by atoms with Crippen molar-refractivity contribution in [3.63, 3.8) is 0 Å². The smallest absolute Gasteiger partial charge is 0.110 e. The number of hydrogen-bond acceptors (Lipinski definition) is 4. The highest BCUT2D eigenvalue weighted by atomic mass is 32.1. The van der Waals surface area contributed by atoms with Gasteiger partial charge in [-0.15, -0.1) is 11.3 Å². The second-order valence-corrected chi connectivity index (χ2v) is 5.34. The molecule has 0 spiro atoms. The van der Waals surface area contributed by atoms with E-state index in [1.165, 1.54) is 16.9 Å². The van der Waals surface area contributed by atoms with Gasteiger partial charge in [0.25, 0.3) is 0 Å². The van der Waals surface area contributed by atoms with Gasteiger partial charge in [0.2, 0.25) is 0 Å². The molecule has 0 aromatic carbocycles. The van der Waals surface area contributed by atoms with Gasteiger partial charge < -0.3 is 5.73 Å². The summed E-state index contributed by atoms with van der Waals surface area (Å²) in [5.74, 6) is 0.495. The van der Waals surface area contributed by atoms with E-state index in [0.717, 1.165) is 21.9 Å². The van der Waals surface area contributed by atoms with E-state index in [1.54, 1.807) is 0 Å². The zero-order chi connectivity index (χ0) is 11.8. The number of rotatable bonds is 2. The number of pyridine rings is 1. The van der Waals surface area contributed by atoms with Gasteiger partial charge in [0.15, 0.2) is 0 Å². The zero-order valence-corrected chi connectivity index (χ0v) is 9.95. The van der Waals surface area contributed by atoms with E-state index in [-0.39, 0.29) is 0 Å². The molecule has 1 fully saturated rings. The monoisotopic (exact) mass is 241 g/mol. The van der Waals surface area contributed by atoms with Crippen LogP contribution in [0.4, 0.5) is 0 Å². The number of aromatic nitrogens is 1. The lowest BCUT2D eigenvalue weighted by Gasteiger charge is -2.00. The Labute approximate surface area is 104 Å². The Balaban J connectivity index is 1.87. The number of nitrogens with two attached hydrogens (primary N) is 1. The van der Waals surface area contributed by atoms with Gasteiger partial charge >= 0.3 is 0 Å². The van der Waals surface area contributed by atoms with E-state index in [1.807, 2.05) is 24.4 Å². The number of hydrogen-bond donors (Lipinski definition) is 1. The Morgan fingerprint density at radius 1 is 1.35 bits per heavy atom. The molecule has 4 heteroatoms. The third kappa shape index (κ3) is 1.95. The molecule has 3 nitrogen and oxygen atoms in total. The summed E-state index contributed by atoms with van der Waals surface area (Å²) < 4.78 is 0. The third-order valence-corrected chi connectivity index (χ3v) is 4.04. The molecule has 17 heavy (non-hydrogen) atoms. The molecule has 2 heterocycles. The Kier molecular flexibility index (Phi) is 2.43. The van der Waals surface area contributed by atoms with Crippen LogP contribution >= 0.6 is 11.3 Å². The fraction of sp³-hybridized carbons (Fsp3) is 0.231. The van der Waals surface area contributed by atoms with Crippen LogP contribution < -0.4 is 5.73 Å². The zero-order valence-electron chi connectivity index (χ0n) is 9.13. The minimum Gasteiger partial charge on any atom is -0.327 e. The first-order valence-electron chi connectivity index (χ1n) is 5.50. The first-order chi connectivity index (χ1) is 8.28. The van der Waals surface area contributed by atoms with Crippen molar-refractivity contribution < 1.29 is 0 Å². The molecule has 2 N–H and O–H groups in total. The van der Waals surface area contributed by atoms with Crippen molar-refractivity contribution in [3.8, 4) is 16.6 Å². The Bertz CT molecular complexity index is 579. The standard InChI is InChI=1S/C13H11N3S/c14-6-9-2-4-13(17-9)12-3-1-8(7-16-12)10-5-11(10)15/h1-4,7,10-11H,5,15H2/t10-,11+/m0/s1. The molecule has 1 saturated carbocycles. The van der Waals surface area contributed by atoms with Crippen molar-refractivity contribution in [1.29, 1.82) is 5.26 Å². The molecule has 3 rings (SSSR count). The van der Waals surface area contributed by atoms with E-state index in [9.17, 15) is 0 Å². The quantitative estimate of drug-likeness (QED) is 0.878. The topological polar surface area (TPSA) is 62.7 Å². The highest BCUT2D eigenvalue weighted by Gasteiger charge is 2.34. The molecule has 2 aromatic heterocycles. The predicted octanol–water partition coefficient (Wildman–Crippen LogP) is 2.50. The Hall–Kier alpha value is -1.70. The first-order valence-corrected chi connectivity index (χ1v) is 6.31. The van der Waals surface area contributed by atoms with Crippen molar-refractivity contribution >= 4 is 11.3 Å². The summed E-state index contributed by atoms with van der Waals surface area (Å²) in [5.41, 5.74) is 7.95. The number of nitrogens with zero attached hydrogens (tertiary/aromatic N) is 2. The van der Waals surface area contributed by atoms with Crippen molar-refractivity contribution in [3.05, 3.63) is 40.9 Å². The molecular formula is C13H11N3S. The van der Waals surface area contributed by atoms with Crippen molar-refractivity contribution in [2.24, 2.45) is 5.73 Å². The SMILES string of the molecule is N#Cc1ccc(-c2ccc([C@@H]3C[C@H]3N)cn2)s1. The summed E-state index contributed by atoms with van der Waals surface area (Å²) in [5, 5.41) is 8.78. The molecule has 2 atom stereocenters. The van der Waals surface area contributed by atoms with Gasteiger partial charge in [-0.05, 0) is 30.2 Å². The lowest BCUT2D eigenvalue weighted by molar-refractivity contribution is 0.981. The van der Waals surface area contributed by atoms with Crippen LogP contribution in [0.2, 0.25) is 0 Å². The average Bonchev–Trinajstić information content (AvgIpc) is 2.92. The van der Waals surface area contributed by atoms with E-state index in [2.05, 4.69) is 17.1 Å². The molecule has 0 aliphatic heterocycles. The minimum atomic E-state index is 0.314. The maximum Gasteiger partial charge on any atom is 0.110 e. The number of nitriles is 1. The molecular weight excluding hydrogens is 230 g/mol. The summed E-state index contributed by atoms with van der Waals surface area (Å²) in [7, 11) is 0. The highest BCUT2D eigenvalue weighted by molar-refractivity contribution is 7.15. The van der Waals surface area contributed by atoms with Gasteiger partial charge in [-0.2, -0.15) is 5.26 Å². The molecule has 0 saturated heterocycles. The Morgan fingerprint density at radius 2 is 2.18 bits per heavy atom. The minimum absolute atomic E-state index is 0.314. The van der Waals surface area contributed by atoms with E-state index >= 15 is 0 Å². The van der Waals surface area contributed by atoms with Crippen LogP contribution in [0.25, 0.3) is 10.6 Å².